The molecule has 8 heavy (non-hydrogen) atoms. The van der Waals surface area contributed by atoms with E-state index >= 15 is 0 Å². The van der Waals surface area contributed by atoms with Crippen LogP contribution >= 0.6 is 0 Å². The third kappa shape index (κ3) is 5.10. The van der Waals surface area contributed by atoms with Crippen LogP contribution in [0, 0.1) is 10.1 Å². The summed E-state index contributed by atoms with van der Waals surface area (Å²) < 4.78 is 0. The summed E-state index contributed by atoms with van der Waals surface area (Å²) in [7, 11) is 0. The highest BCUT2D eigenvalue weighted by atomic mass is 16.6. The lowest BCUT2D eigenvalue weighted by molar-refractivity contribution is -0.468. The number of hydrogen-bond acceptors (Lipinski definition) is 3. The first kappa shape index (κ1) is 7.10. The molecular formula is C4H7NO3. The van der Waals surface area contributed by atoms with Gasteiger partial charge in [-0.15, -0.1) is 0 Å². The van der Waals surface area contributed by atoms with Gasteiger partial charge >= 0.3 is 0 Å². The predicted octanol–water partition coefficient (Wildman–Crippen LogP) is -0.188. The smallest absolute Gasteiger partial charge is 0.222 e. The molecule has 46 valence electrons. The van der Waals surface area contributed by atoms with Crippen molar-refractivity contribution in [3.63, 3.8) is 0 Å². The molecule has 0 aliphatic heterocycles. The van der Waals surface area contributed by atoms with Crippen LogP contribution in [0.4, 0.5) is 0 Å². The van der Waals surface area contributed by atoms with Gasteiger partial charge in [-0.1, -0.05) is 6.08 Å². The quantitative estimate of drug-likeness (QED) is 0.316. The first-order chi connectivity index (χ1) is 3.77. The molecule has 0 bridgehead atoms. The molecule has 4 nitrogen and oxygen atoms in total. The molecule has 0 saturated heterocycles. The van der Waals surface area contributed by atoms with Gasteiger partial charge < -0.3 is 5.11 Å². The van der Waals surface area contributed by atoms with Crippen LogP contribution in [-0.2, 0) is 0 Å². The monoisotopic (exact) mass is 117 g/mol. The van der Waals surface area contributed by atoms with Crippen LogP contribution in [0.3, 0.4) is 0 Å². The van der Waals surface area contributed by atoms with E-state index in [9.17, 15) is 10.1 Å². The Hall–Kier alpha value is -0.900. The van der Waals surface area contributed by atoms with Crippen LogP contribution in [0.5, 0.6) is 0 Å². The van der Waals surface area contributed by atoms with Gasteiger partial charge in [-0.2, -0.15) is 0 Å². The summed E-state index contributed by atoms with van der Waals surface area (Å²) in [6.07, 6.45) is 2.64. The second-order valence-corrected chi connectivity index (χ2v) is 1.17. The zero-order valence-corrected chi connectivity index (χ0v) is 4.28. The lowest BCUT2D eigenvalue weighted by Crippen LogP contribution is -1.95. The SMILES string of the molecule is O=[N+]([O-])C/C=C\CO. The molecule has 0 saturated carbocycles. The van der Waals surface area contributed by atoms with Crippen molar-refractivity contribution in [3.8, 4) is 0 Å². The first-order valence-electron chi connectivity index (χ1n) is 2.15. The Labute approximate surface area is 46.6 Å². The van der Waals surface area contributed by atoms with E-state index in [1.165, 1.54) is 12.2 Å². The predicted molar refractivity (Wildman–Crippen MR) is 28.1 cm³/mol. The van der Waals surface area contributed by atoms with Gasteiger partial charge in [-0.25, -0.2) is 0 Å². The van der Waals surface area contributed by atoms with Gasteiger partial charge in [0.1, 0.15) is 0 Å². The standard InChI is InChI=1S/C4H7NO3/c6-4-2-1-3-5(7)8/h1-2,6H,3-4H2/b2-1-. The van der Waals surface area contributed by atoms with E-state index in [1.807, 2.05) is 0 Å². The van der Waals surface area contributed by atoms with Crippen molar-refractivity contribution in [2.24, 2.45) is 0 Å². The maximum Gasteiger partial charge on any atom is 0.222 e. The van der Waals surface area contributed by atoms with Gasteiger partial charge in [0.15, 0.2) is 0 Å². The second kappa shape index (κ2) is 4.26. The van der Waals surface area contributed by atoms with Gasteiger partial charge in [0, 0.05) is 4.92 Å². The fourth-order valence-electron chi connectivity index (χ4n) is 0.235. The molecule has 0 aliphatic rings. The fourth-order valence-corrected chi connectivity index (χ4v) is 0.235. The van der Waals surface area contributed by atoms with Crippen molar-refractivity contribution in [2.45, 2.75) is 0 Å². The maximum atomic E-state index is 9.55. The highest BCUT2D eigenvalue weighted by molar-refractivity contribution is 4.79. The molecule has 0 amide bonds. The van der Waals surface area contributed by atoms with Crippen LogP contribution in [0.25, 0.3) is 0 Å². The van der Waals surface area contributed by atoms with E-state index in [4.69, 9.17) is 5.11 Å². The van der Waals surface area contributed by atoms with Crippen molar-refractivity contribution in [2.75, 3.05) is 13.2 Å². The zero-order chi connectivity index (χ0) is 6.41. The molecule has 0 aliphatic carbocycles. The Bertz CT molecular complexity index is 99.5. The summed E-state index contributed by atoms with van der Waals surface area (Å²) in [6, 6.07) is 0. The summed E-state index contributed by atoms with van der Waals surface area (Å²) >= 11 is 0. The number of hydrogen-bond donors (Lipinski definition) is 1. The molecule has 0 rings (SSSR count). The molecule has 0 heterocycles. The number of nitrogens with zero attached hydrogens (tertiary/aromatic N) is 1. The highest BCUT2D eigenvalue weighted by Gasteiger charge is 1.84. The zero-order valence-electron chi connectivity index (χ0n) is 4.28. The minimum Gasteiger partial charge on any atom is -0.392 e. The summed E-state index contributed by atoms with van der Waals surface area (Å²) in [5.74, 6) is 0. The van der Waals surface area contributed by atoms with E-state index in [0.717, 1.165) is 0 Å². The van der Waals surface area contributed by atoms with Gasteiger partial charge in [-0.05, 0) is 6.08 Å². The van der Waals surface area contributed by atoms with Crippen molar-refractivity contribution in [3.05, 3.63) is 22.3 Å². The summed E-state index contributed by atoms with van der Waals surface area (Å²) in [4.78, 5) is 9.08. The average Bonchev–Trinajstić information content (AvgIpc) is 1.66. The topological polar surface area (TPSA) is 63.4 Å². The average molecular weight is 117 g/mol. The Kier molecular flexibility index (Phi) is 3.78. The Morgan fingerprint density at radius 3 is 2.62 bits per heavy atom. The summed E-state index contributed by atoms with van der Waals surface area (Å²) in [5, 5.41) is 17.6. The van der Waals surface area contributed by atoms with E-state index in [2.05, 4.69) is 0 Å². The summed E-state index contributed by atoms with van der Waals surface area (Å²) in [5.41, 5.74) is 0. The third-order valence-electron chi connectivity index (χ3n) is 0.527. The van der Waals surface area contributed by atoms with E-state index in [0.29, 0.717) is 0 Å². The van der Waals surface area contributed by atoms with Crippen LogP contribution in [0.2, 0.25) is 0 Å². The van der Waals surface area contributed by atoms with Gasteiger partial charge in [0.2, 0.25) is 6.54 Å². The fraction of sp³-hybridized carbons (Fsp3) is 0.500. The molecule has 0 radical (unpaired) electrons. The van der Waals surface area contributed by atoms with Crippen LogP contribution in [-0.4, -0.2) is 23.2 Å². The molecule has 0 unspecified atom stereocenters. The maximum absolute atomic E-state index is 9.55. The van der Waals surface area contributed by atoms with Gasteiger partial charge in [0.05, 0.1) is 6.61 Å². The molecule has 0 atom stereocenters. The van der Waals surface area contributed by atoms with Gasteiger partial charge in [0.25, 0.3) is 0 Å². The molecule has 1 N–H and O–H groups in total. The van der Waals surface area contributed by atoms with Crippen LogP contribution < -0.4 is 0 Å². The molecule has 0 aromatic rings. The normalized spacial score (nSPS) is 10.1. The molecular weight excluding hydrogens is 110 g/mol. The summed E-state index contributed by atoms with van der Waals surface area (Å²) in [6.45, 7) is -0.339. The van der Waals surface area contributed by atoms with Crippen molar-refractivity contribution < 1.29 is 10.0 Å². The second-order valence-electron chi connectivity index (χ2n) is 1.17. The lowest BCUT2D eigenvalue weighted by atomic mass is 10.5. The van der Waals surface area contributed by atoms with Crippen molar-refractivity contribution in [1.82, 2.24) is 0 Å². The number of nitro groups is 1. The van der Waals surface area contributed by atoms with E-state index < -0.39 is 4.92 Å². The minimum atomic E-state index is -0.466. The molecule has 0 spiro atoms. The molecule has 0 aromatic heterocycles. The first-order valence-corrected chi connectivity index (χ1v) is 2.15. The Balaban J connectivity index is 3.16. The molecule has 0 aromatic carbocycles. The molecule has 4 heteroatoms. The largest absolute Gasteiger partial charge is 0.392 e. The van der Waals surface area contributed by atoms with Gasteiger partial charge in [-0.3, -0.25) is 10.1 Å². The van der Waals surface area contributed by atoms with Crippen LogP contribution in [0.1, 0.15) is 0 Å². The van der Waals surface area contributed by atoms with Crippen LogP contribution in [0.15, 0.2) is 12.2 Å². The van der Waals surface area contributed by atoms with Crippen molar-refractivity contribution in [1.29, 1.82) is 0 Å². The number of aliphatic hydroxyl groups excluding tert-OH is 1. The molecule has 0 fully saturated rings. The number of rotatable bonds is 3. The van der Waals surface area contributed by atoms with E-state index in [1.54, 1.807) is 0 Å². The highest BCUT2D eigenvalue weighted by Crippen LogP contribution is 1.71. The number of aliphatic hydroxyl groups is 1. The Morgan fingerprint density at radius 1 is 1.62 bits per heavy atom. The third-order valence-corrected chi connectivity index (χ3v) is 0.527. The minimum absolute atomic E-state index is 0.131. The van der Waals surface area contributed by atoms with Crippen molar-refractivity contribution >= 4 is 0 Å². The Morgan fingerprint density at radius 2 is 2.25 bits per heavy atom. The van der Waals surface area contributed by atoms with E-state index in [-0.39, 0.29) is 13.2 Å². The lowest BCUT2D eigenvalue weighted by Gasteiger charge is -1.80.